The lowest BCUT2D eigenvalue weighted by Gasteiger charge is -2.08. The van der Waals surface area contributed by atoms with Crippen molar-refractivity contribution in [2.45, 2.75) is 5.88 Å². The zero-order valence-electron chi connectivity index (χ0n) is 9.79. The van der Waals surface area contributed by atoms with Crippen molar-refractivity contribution in [2.24, 2.45) is 0 Å². The smallest absolute Gasteiger partial charge is 0.257 e. The SMILES string of the molecule is O=C(Nc1cccc(CCl)c1)c1cc(Cl)ccc1Cl. The van der Waals surface area contributed by atoms with Gasteiger partial charge >= 0.3 is 0 Å². The third-order valence-corrected chi connectivity index (χ3v) is 3.39. The van der Waals surface area contributed by atoms with Gasteiger partial charge in [-0.3, -0.25) is 4.79 Å². The third kappa shape index (κ3) is 3.63. The van der Waals surface area contributed by atoms with Gasteiger partial charge in [0.05, 0.1) is 10.6 Å². The number of hydrogen-bond acceptors (Lipinski definition) is 1. The number of amides is 1. The van der Waals surface area contributed by atoms with Gasteiger partial charge in [-0.1, -0.05) is 35.3 Å². The van der Waals surface area contributed by atoms with E-state index in [-0.39, 0.29) is 5.91 Å². The Balaban J connectivity index is 2.23. The molecule has 98 valence electrons. The molecule has 0 spiro atoms. The fourth-order valence-corrected chi connectivity index (χ4v) is 2.14. The molecule has 1 N–H and O–H groups in total. The van der Waals surface area contributed by atoms with E-state index in [4.69, 9.17) is 34.8 Å². The van der Waals surface area contributed by atoms with E-state index in [1.165, 1.54) is 6.07 Å². The number of nitrogens with one attached hydrogen (secondary N) is 1. The second-order valence-corrected chi connectivity index (χ2v) is 5.02. The Morgan fingerprint density at radius 2 is 1.89 bits per heavy atom. The zero-order valence-corrected chi connectivity index (χ0v) is 12.1. The third-order valence-electron chi connectivity index (χ3n) is 2.51. The molecule has 0 bridgehead atoms. The normalized spacial score (nSPS) is 10.3. The first-order chi connectivity index (χ1) is 9.10. The monoisotopic (exact) mass is 313 g/mol. The van der Waals surface area contributed by atoms with E-state index >= 15 is 0 Å². The van der Waals surface area contributed by atoms with Gasteiger partial charge in [0.15, 0.2) is 0 Å². The van der Waals surface area contributed by atoms with Gasteiger partial charge in [0.2, 0.25) is 0 Å². The molecule has 0 aliphatic carbocycles. The summed E-state index contributed by atoms with van der Waals surface area (Å²) in [5, 5.41) is 3.58. The summed E-state index contributed by atoms with van der Waals surface area (Å²) < 4.78 is 0. The number of carbonyl (C=O) groups is 1. The Labute approximate surface area is 126 Å². The molecular formula is C14H10Cl3NO. The van der Waals surface area contributed by atoms with Crippen molar-refractivity contribution >= 4 is 46.4 Å². The van der Waals surface area contributed by atoms with Crippen LogP contribution in [0.1, 0.15) is 15.9 Å². The summed E-state index contributed by atoms with van der Waals surface area (Å²) >= 11 is 17.6. The molecule has 0 saturated heterocycles. The van der Waals surface area contributed by atoms with Gasteiger partial charge in [-0.2, -0.15) is 0 Å². The summed E-state index contributed by atoms with van der Waals surface area (Å²) in [5.41, 5.74) is 1.93. The van der Waals surface area contributed by atoms with Crippen LogP contribution in [0.3, 0.4) is 0 Å². The number of halogens is 3. The molecule has 0 heterocycles. The maximum absolute atomic E-state index is 12.1. The molecule has 0 unspecified atom stereocenters. The molecule has 0 aromatic heterocycles. The zero-order chi connectivity index (χ0) is 13.8. The van der Waals surface area contributed by atoms with E-state index in [1.54, 1.807) is 18.2 Å². The van der Waals surface area contributed by atoms with Gasteiger partial charge in [-0.05, 0) is 35.9 Å². The molecule has 19 heavy (non-hydrogen) atoms. The quantitative estimate of drug-likeness (QED) is 0.795. The Hall–Kier alpha value is -1.22. The highest BCUT2D eigenvalue weighted by Crippen LogP contribution is 2.22. The van der Waals surface area contributed by atoms with Gasteiger partial charge in [-0.15, -0.1) is 11.6 Å². The highest BCUT2D eigenvalue weighted by Gasteiger charge is 2.11. The molecule has 0 fully saturated rings. The molecule has 2 nitrogen and oxygen atoms in total. The lowest BCUT2D eigenvalue weighted by molar-refractivity contribution is 0.102. The van der Waals surface area contributed by atoms with Crippen molar-refractivity contribution in [3.63, 3.8) is 0 Å². The van der Waals surface area contributed by atoms with Crippen LogP contribution in [0.5, 0.6) is 0 Å². The van der Waals surface area contributed by atoms with Crippen LogP contribution in [0.15, 0.2) is 42.5 Å². The molecule has 2 rings (SSSR count). The van der Waals surface area contributed by atoms with Crippen LogP contribution < -0.4 is 5.32 Å². The van der Waals surface area contributed by atoms with Crippen molar-refractivity contribution < 1.29 is 4.79 Å². The average Bonchev–Trinajstić information content (AvgIpc) is 2.41. The molecular weight excluding hydrogens is 305 g/mol. The van der Waals surface area contributed by atoms with Crippen molar-refractivity contribution in [3.8, 4) is 0 Å². The molecule has 0 radical (unpaired) electrons. The standard InChI is InChI=1S/C14H10Cl3NO/c15-8-9-2-1-3-11(6-9)18-14(19)12-7-10(16)4-5-13(12)17/h1-7H,8H2,(H,18,19). The van der Waals surface area contributed by atoms with Crippen LogP contribution in [0.25, 0.3) is 0 Å². The molecule has 5 heteroatoms. The first kappa shape index (κ1) is 14.2. The van der Waals surface area contributed by atoms with Crippen molar-refractivity contribution in [1.82, 2.24) is 0 Å². The van der Waals surface area contributed by atoms with E-state index in [9.17, 15) is 4.79 Å². The van der Waals surface area contributed by atoms with Crippen molar-refractivity contribution in [2.75, 3.05) is 5.32 Å². The van der Waals surface area contributed by atoms with E-state index in [1.807, 2.05) is 18.2 Å². The fourth-order valence-electron chi connectivity index (χ4n) is 1.60. The predicted octanol–water partition coefficient (Wildman–Crippen LogP) is 4.98. The minimum absolute atomic E-state index is 0.306. The Bertz CT molecular complexity index is 613. The van der Waals surface area contributed by atoms with Crippen LogP contribution in [0, 0.1) is 0 Å². The highest BCUT2D eigenvalue weighted by molar-refractivity contribution is 6.36. The first-order valence-electron chi connectivity index (χ1n) is 5.51. The predicted molar refractivity (Wildman–Crippen MR) is 80.4 cm³/mol. The lowest BCUT2D eigenvalue weighted by atomic mass is 10.2. The summed E-state index contributed by atoms with van der Waals surface area (Å²) in [6, 6.07) is 12.1. The molecule has 1 amide bonds. The first-order valence-corrected chi connectivity index (χ1v) is 6.80. The van der Waals surface area contributed by atoms with Gasteiger partial charge in [-0.25, -0.2) is 0 Å². The number of benzene rings is 2. The maximum Gasteiger partial charge on any atom is 0.257 e. The van der Waals surface area contributed by atoms with Crippen LogP contribution in [-0.4, -0.2) is 5.91 Å². The second-order valence-electron chi connectivity index (χ2n) is 3.91. The van der Waals surface area contributed by atoms with Gasteiger partial charge in [0.25, 0.3) is 5.91 Å². The number of rotatable bonds is 3. The maximum atomic E-state index is 12.1. The van der Waals surface area contributed by atoms with Gasteiger partial charge < -0.3 is 5.32 Å². The second kappa shape index (κ2) is 6.29. The molecule has 2 aromatic rings. The summed E-state index contributed by atoms with van der Waals surface area (Å²) in [5.74, 6) is 0.0842. The van der Waals surface area contributed by atoms with E-state index in [0.717, 1.165) is 5.56 Å². The van der Waals surface area contributed by atoms with E-state index < -0.39 is 0 Å². The number of anilines is 1. The average molecular weight is 315 g/mol. The van der Waals surface area contributed by atoms with Gasteiger partial charge in [0.1, 0.15) is 0 Å². The van der Waals surface area contributed by atoms with E-state index in [2.05, 4.69) is 5.32 Å². The topological polar surface area (TPSA) is 29.1 Å². The Morgan fingerprint density at radius 3 is 2.63 bits per heavy atom. The Morgan fingerprint density at radius 1 is 1.11 bits per heavy atom. The fraction of sp³-hybridized carbons (Fsp3) is 0.0714. The molecule has 0 atom stereocenters. The number of alkyl halides is 1. The van der Waals surface area contributed by atoms with Crippen LogP contribution in [0.2, 0.25) is 10.0 Å². The summed E-state index contributed by atoms with van der Waals surface area (Å²) in [7, 11) is 0. The number of carbonyl (C=O) groups excluding carboxylic acids is 1. The van der Waals surface area contributed by atoms with E-state index in [0.29, 0.717) is 27.2 Å². The molecule has 2 aromatic carbocycles. The summed E-state index contributed by atoms with van der Waals surface area (Å²) in [6.45, 7) is 0. The van der Waals surface area contributed by atoms with Crippen molar-refractivity contribution in [3.05, 3.63) is 63.6 Å². The minimum Gasteiger partial charge on any atom is -0.322 e. The summed E-state index contributed by atoms with van der Waals surface area (Å²) in [6.07, 6.45) is 0. The van der Waals surface area contributed by atoms with Crippen LogP contribution in [-0.2, 0) is 5.88 Å². The molecule has 0 saturated carbocycles. The Kier molecular flexibility index (Phi) is 4.70. The molecule has 0 aliphatic heterocycles. The number of hydrogen-bond donors (Lipinski definition) is 1. The minimum atomic E-state index is -0.306. The lowest BCUT2D eigenvalue weighted by Crippen LogP contribution is -2.12. The molecule has 0 aliphatic rings. The largest absolute Gasteiger partial charge is 0.322 e. The highest BCUT2D eigenvalue weighted by atomic mass is 35.5. The van der Waals surface area contributed by atoms with Crippen LogP contribution >= 0.6 is 34.8 Å². The summed E-state index contributed by atoms with van der Waals surface area (Å²) in [4.78, 5) is 12.1. The van der Waals surface area contributed by atoms with Crippen LogP contribution in [0.4, 0.5) is 5.69 Å². The van der Waals surface area contributed by atoms with Gasteiger partial charge in [0, 0.05) is 16.6 Å². The van der Waals surface area contributed by atoms with Crippen molar-refractivity contribution in [1.29, 1.82) is 0 Å².